The highest BCUT2D eigenvalue weighted by Crippen LogP contribution is 2.20. The fourth-order valence-corrected chi connectivity index (χ4v) is 2.33. The molecule has 0 saturated heterocycles. The second-order valence-electron chi connectivity index (χ2n) is 5.12. The van der Waals surface area contributed by atoms with E-state index in [0.717, 1.165) is 0 Å². The van der Waals surface area contributed by atoms with Crippen LogP contribution in [0.1, 0.15) is 11.1 Å². The Balaban J connectivity index is 1.93. The van der Waals surface area contributed by atoms with Crippen LogP contribution in [0.4, 0.5) is 10.1 Å². The normalized spacial score (nSPS) is 10.4. The molecule has 1 amide bonds. The first-order chi connectivity index (χ1) is 11.0. The molecule has 0 atom stereocenters. The molecule has 2 aromatic rings. The van der Waals surface area contributed by atoms with Crippen molar-refractivity contribution >= 4 is 23.2 Å². The van der Waals surface area contributed by atoms with Crippen molar-refractivity contribution in [3.63, 3.8) is 0 Å². The van der Waals surface area contributed by atoms with Gasteiger partial charge in [-0.05, 0) is 31.3 Å². The summed E-state index contributed by atoms with van der Waals surface area (Å²) in [6.07, 6.45) is 0. The van der Waals surface area contributed by atoms with Gasteiger partial charge in [-0.15, -0.1) is 0 Å². The molecule has 0 aliphatic carbocycles. The predicted octanol–water partition coefficient (Wildman–Crippen LogP) is 3.42. The van der Waals surface area contributed by atoms with Crippen LogP contribution in [0.2, 0.25) is 5.02 Å². The minimum atomic E-state index is -0.293. The number of benzene rings is 2. The van der Waals surface area contributed by atoms with E-state index in [1.165, 1.54) is 12.1 Å². The lowest BCUT2D eigenvalue weighted by Gasteiger charge is -2.17. The number of carbonyl (C=O) groups is 1. The average Bonchev–Trinajstić information content (AvgIpc) is 2.49. The Morgan fingerprint density at radius 2 is 2.09 bits per heavy atom. The molecule has 0 heterocycles. The Labute approximate surface area is 139 Å². The zero-order chi connectivity index (χ0) is 16.8. The number of nitrogens with zero attached hydrogens (tertiary/aromatic N) is 2. The molecule has 0 aliphatic rings. The van der Waals surface area contributed by atoms with Gasteiger partial charge in [-0.1, -0.05) is 29.8 Å². The van der Waals surface area contributed by atoms with Crippen molar-refractivity contribution in [2.75, 3.05) is 18.9 Å². The molecule has 0 radical (unpaired) electrons. The molecule has 0 aliphatic heterocycles. The third-order valence-corrected chi connectivity index (χ3v) is 3.50. The molecular formula is C17H15ClFN3O. The lowest BCUT2D eigenvalue weighted by Crippen LogP contribution is -2.30. The molecule has 0 saturated carbocycles. The van der Waals surface area contributed by atoms with Gasteiger partial charge in [0.05, 0.1) is 17.1 Å². The van der Waals surface area contributed by atoms with Crippen LogP contribution < -0.4 is 5.32 Å². The van der Waals surface area contributed by atoms with E-state index in [2.05, 4.69) is 5.32 Å². The first-order valence-corrected chi connectivity index (χ1v) is 7.29. The smallest absolute Gasteiger partial charge is 0.238 e. The molecule has 6 heteroatoms. The van der Waals surface area contributed by atoms with Gasteiger partial charge in [0.1, 0.15) is 11.9 Å². The Morgan fingerprint density at radius 1 is 1.35 bits per heavy atom. The van der Waals surface area contributed by atoms with Crippen molar-refractivity contribution in [2.24, 2.45) is 0 Å². The SMILES string of the molecule is CN(CC(=O)Nc1ccc(C#N)c(Cl)c1)Cc1ccccc1F. The van der Waals surface area contributed by atoms with Crippen molar-refractivity contribution in [2.45, 2.75) is 6.54 Å². The zero-order valence-corrected chi connectivity index (χ0v) is 13.3. The quantitative estimate of drug-likeness (QED) is 0.913. The number of hydrogen-bond donors (Lipinski definition) is 1. The summed E-state index contributed by atoms with van der Waals surface area (Å²) in [6.45, 7) is 0.431. The number of likely N-dealkylation sites (N-methyl/N-ethyl adjacent to an activating group) is 1. The molecule has 118 valence electrons. The summed E-state index contributed by atoms with van der Waals surface area (Å²) >= 11 is 5.92. The molecule has 23 heavy (non-hydrogen) atoms. The summed E-state index contributed by atoms with van der Waals surface area (Å²) in [5, 5.41) is 11.8. The predicted molar refractivity (Wildman–Crippen MR) is 87.5 cm³/mol. The van der Waals surface area contributed by atoms with E-state index in [9.17, 15) is 9.18 Å². The highest BCUT2D eigenvalue weighted by Gasteiger charge is 2.10. The van der Waals surface area contributed by atoms with E-state index in [1.807, 2.05) is 6.07 Å². The largest absolute Gasteiger partial charge is 0.325 e. The number of nitriles is 1. The Hall–Kier alpha value is -2.42. The molecule has 2 rings (SSSR count). The topological polar surface area (TPSA) is 56.1 Å². The van der Waals surface area contributed by atoms with E-state index in [0.29, 0.717) is 23.4 Å². The van der Waals surface area contributed by atoms with Gasteiger partial charge in [0, 0.05) is 17.8 Å². The third kappa shape index (κ3) is 4.78. The van der Waals surface area contributed by atoms with Crippen molar-refractivity contribution in [3.8, 4) is 6.07 Å². The van der Waals surface area contributed by atoms with Crippen molar-refractivity contribution < 1.29 is 9.18 Å². The van der Waals surface area contributed by atoms with E-state index in [1.54, 1.807) is 42.3 Å². The fourth-order valence-electron chi connectivity index (χ4n) is 2.10. The number of nitrogens with one attached hydrogen (secondary N) is 1. The van der Waals surface area contributed by atoms with Gasteiger partial charge in [0.15, 0.2) is 0 Å². The van der Waals surface area contributed by atoms with Crippen molar-refractivity contribution in [3.05, 3.63) is 64.4 Å². The van der Waals surface area contributed by atoms with Gasteiger partial charge in [0.25, 0.3) is 0 Å². The molecular weight excluding hydrogens is 317 g/mol. The lowest BCUT2D eigenvalue weighted by molar-refractivity contribution is -0.117. The van der Waals surface area contributed by atoms with E-state index >= 15 is 0 Å². The van der Waals surface area contributed by atoms with Crippen molar-refractivity contribution in [1.82, 2.24) is 4.90 Å². The number of anilines is 1. The maximum absolute atomic E-state index is 13.6. The van der Waals surface area contributed by atoms with Gasteiger partial charge < -0.3 is 5.32 Å². The van der Waals surface area contributed by atoms with E-state index in [4.69, 9.17) is 16.9 Å². The number of amides is 1. The minimum absolute atomic E-state index is 0.103. The van der Waals surface area contributed by atoms with Crippen LogP contribution >= 0.6 is 11.6 Å². The van der Waals surface area contributed by atoms with Crippen LogP contribution in [-0.4, -0.2) is 24.4 Å². The number of hydrogen-bond acceptors (Lipinski definition) is 3. The highest BCUT2D eigenvalue weighted by atomic mass is 35.5. The van der Waals surface area contributed by atoms with Crippen LogP contribution in [-0.2, 0) is 11.3 Å². The molecule has 0 fully saturated rings. The zero-order valence-electron chi connectivity index (χ0n) is 12.5. The van der Waals surface area contributed by atoms with Gasteiger partial charge in [-0.3, -0.25) is 9.69 Å². The van der Waals surface area contributed by atoms with Crippen LogP contribution in [0.15, 0.2) is 42.5 Å². The van der Waals surface area contributed by atoms with E-state index < -0.39 is 0 Å². The summed E-state index contributed by atoms with van der Waals surface area (Å²) in [4.78, 5) is 13.7. The fraction of sp³-hybridized carbons (Fsp3) is 0.176. The lowest BCUT2D eigenvalue weighted by atomic mass is 10.2. The monoisotopic (exact) mass is 331 g/mol. The summed E-state index contributed by atoms with van der Waals surface area (Å²) in [5.41, 5.74) is 1.39. The first-order valence-electron chi connectivity index (χ1n) is 6.91. The summed E-state index contributed by atoms with van der Waals surface area (Å²) < 4.78 is 13.6. The van der Waals surface area contributed by atoms with Crippen molar-refractivity contribution in [1.29, 1.82) is 5.26 Å². The van der Waals surface area contributed by atoms with Crippen LogP contribution in [0.3, 0.4) is 0 Å². The second-order valence-corrected chi connectivity index (χ2v) is 5.53. The van der Waals surface area contributed by atoms with Gasteiger partial charge >= 0.3 is 0 Å². The van der Waals surface area contributed by atoms with Crippen LogP contribution in [0.25, 0.3) is 0 Å². The van der Waals surface area contributed by atoms with E-state index in [-0.39, 0.29) is 23.3 Å². The Bertz CT molecular complexity index is 758. The van der Waals surface area contributed by atoms with Crippen LogP contribution in [0, 0.1) is 17.1 Å². The summed E-state index contributed by atoms with van der Waals surface area (Å²) in [6, 6.07) is 13.1. The first kappa shape index (κ1) is 16.9. The maximum atomic E-state index is 13.6. The molecule has 4 nitrogen and oxygen atoms in total. The maximum Gasteiger partial charge on any atom is 0.238 e. The Morgan fingerprint density at radius 3 is 2.74 bits per heavy atom. The highest BCUT2D eigenvalue weighted by molar-refractivity contribution is 6.32. The standard InChI is InChI=1S/C17H15ClFN3O/c1-22(10-13-4-2-3-5-16(13)19)11-17(23)21-14-7-6-12(9-20)15(18)8-14/h2-8H,10-11H2,1H3,(H,21,23). The molecule has 1 N–H and O–H groups in total. The Kier molecular flexibility index (Phi) is 5.69. The van der Waals surface area contributed by atoms with Gasteiger partial charge in [-0.25, -0.2) is 4.39 Å². The number of carbonyl (C=O) groups excluding carboxylic acids is 1. The average molecular weight is 332 g/mol. The van der Waals surface area contributed by atoms with Gasteiger partial charge in [-0.2, -0.15) is 5.26 Å². The molecule has 0 bridgehead atoms. The second kappa shape index (κ2) is 7.73. The summed E-state index contributed by atoms with van der Waals surface area (Å²) in [5.74, 6) is -0.539. The van der Waals surface area contributed by atoms with Crippen LogP contribution in [0.5, 0.6) is 0 Å². The molecule has 0 aromatic heterocycles. The van der Waals surface area contributed by atoms with Gasteiger partial charge in [0.2, 0.25) is 5.91 Å². The molecule has 0 spiro atoms. The third-order valence-electron chi connectivity index (χ3n) is 3.18. The number of rotatable bonds is 5. The summed E-state index contributed by atoms with van der Waals surface area (Å²) in [7, 11) is 1.73. The molecule has 2 aromatic carbocycles. The number of halogens is 2. The minimum Gasteiger partial charge on any atom is -0.325 e. The molecule has 0 unspecified atom stereocenters.